The van der Waals surface area contributed by atoms with E-state index in [0.717, 1.165) is 36.1 Å². The molecule has 0 amide bonds. The Bertz CT molecular complexity index is 722. The Morgan fingerprint density at radius 3 is 2.67 bits per heavy atom. The lowest BCUT2D eigenvalue weighted by molar-refractivity contribution is 0.276. The highest BCUT2D eigenvalue weighted by Gasteiger charge is 2.23. The first kappa shape index (κ1) is 16.3. The number of fused-ring (bicyclic) bond motifs is 1. The van der Waals surface area contributed by atoms with Gasteiger partial charge in [0.15, 0.2) is 0 Å². The lowest BCUT2D eigenvalue weighted by Gasteiger charge is -2.30. The fourth-order valence-corrected chi connectivity index (χ4v) is 4.87. The molecule has 3 heterocycles. The summed E-state index contributed by atoms with van der Waals surface area (Å²) in [5.41, 5.74) is 3.93. The van der Waals surface area contributed by atoms with Crippen LogP contribution in [0.2, 0.25) is 4.34 Å². The number of nitrogens with zero attached hydrogens (tertiary/aromatic N) is 2. The van der Waals surface area contributed by atoms with Gasteiger partial charge < -0.3 is 4.90 Å². The number of alkyl halides is 1. The first-order valence-electron chi connectivity index (χ1n) is 8.88. The van der Waals surface area contributed by atoms with Crippen LogP contribution in [0.4, 0.5) is 10.2 Å². The van der Waals surface area contributed by atoms with Crippen molar-refractivity contribution in [1.29, 1.82) is 0 Å². The van der Waals surface area contributed by atoms with E-state index in [4.69, 9.17) is 16.6 Å². The summed E-state index contributed by atoms with van der Waals surface area (Å²) in [6, 6.07) is 6.30. The molecule has 4 rings (SSSR count). The molecule has 1 aliphatic carbocycles. The van der Waals surface area contributed by atoms with Gasteiger partial charge in [-0.1, -0.05) is 18.0 Å². The van der Waals surface area contributed by atoms with E-state index in [1.807, 2.05) is 6.07 Å². The highest BCUT2D eigenvalue weighted by atomic mass is 35.5. The van der Waals surface area contributed by atoms with Gasteiger partial charge in [-0.05, 0) is 62.3 Å². The van der Waals surface area contributed by atoms with Crippen molar-refractivity contribution in [3.8, 4) is 10.4 Å². The van der Waals surface area contributed by atoms with Gasteiger partial charge in [-0.3, -0.25) is 0 Å². The number of thiophene rings is 1. The molecule has 1 fully saturated rings. The predicted molar refractivity (Wildman–Crippen MR) is 100 cm³/mol. The second-order valence-electron chi connectivity index (χ2n) is 6.78. The van der Waals surface area contributed by atoms with Gasteiger partial charge in [-0.15, -0.1) is 11.3 Å². The molecule has 1 aliphatic heterocycles. The van der Waals surface area contributed by atoms with Crippen molar-refractivity contribution in [2.45, 2.75) is 51.1 Å². The average Bonchev–Trinajstić information content (AvgIpc) is 2.88. The van der Waals surface area contributed by atoms with Crippen LogP contribution in [0.1, 0.15) is 43.4 Å². The number of rotatable bonds is 2. The van der Waals surface area contributed by atoms with Crippen LogP contribution < -0.4 is 4.90 Å². The van der Waals surface area contributed by atoms with E-state index in [-0.39, 0.29) is 0 Å². The van der Waals surface area contributed by atoms with E-state index in [0.29, 0.717) is 12.8 Å². The summed E-state index contributed by atoms with van der Waals surface area (Å²) in [7, 11) is 0. The van der Waals surface area contributed by atoms with E-state index >= 15 is 0 Å². The Morgan fingerprint density at radius 2 is 1.92 bits per heavy atom. The van der Waals surface area contributed by atoms with Crippen molar-refractivity contribution >= 4 is 28.8 Å². The second-order valence-corrected chi connectivity index (χ2v) is 8.49. The lowest BCUT2D eigenvalue weighted by atomic mass is 10.00. The number of halogens is 2. The highest BCUT2D eigenvalue weighted by molar-refractivity contribution is 7.19. The number of piperidine rings is 1. The topological polar surface area (TPSA) is 16.1 Å². The molecule has 0 bridgehead atoms. The lowest BCUT2D eigenvalue weighted by Crippen LogP contribution is -2.35. The second kappa shape index (κ2) is 7.01. The molecule has 0 unspecified atom stereocenters. The average molecular weight is 365 g/mol. The van der Waals surface area contributed by atoms with Crippen molar-refractivity contribution < 1.29 is 4.39 Å². The largest absolute Gasteiger partial charge is 0.356 e. The van der Waals surface area contributed by atoms with Crippen LogP contribution in [0.3, 0.4) is 0 Å². The highest BCUT2D eigenvalue weighted by Crippen LogP contribution is 2.38. The van der Waals surface area contributed by atoms with E-state index in [9.17, 15) is 4.39 Å². The molecule has 0 radical (unpaired) electrons. The third-order valence-electron chi connectivity index (χ3n) is 5.12. The number of aromatic nitrogens is 1. The number of aryl methyl sites for hydroxylation is 1. The van der Waals surface area contributed by atoms with Gasteiger partial charge in [-0.25, -0.2) is 9.37 Å². The molecule has 0 saturated carbocycles. The normalized spacial score (nSPS) is 19.2. The van der Waals surface area contributed by atoms with Crippen molar-refractivity contribution in [3.63, 3.8) is 0 Å². The number of hydrogen-bond acceptors (Lipinski definition) is 3. The summed E-state index contributed by atoms with van der Waals surface area (Å²) >= 11 is 7.82. The molecule has 2 nitrogen and oxygen atoms in total. The molecule has 0 N–H and O–H groups in total. The molecule has 2 aromatic heterocycles. The minimum Gasteiger partial charge on any atom is -0.356 e. The Hall–Kier alpha value is -1.13. The minimum absolute atomic E-state index is 0.610. The summed E-state index contributed by atoms with van der Waals surface area (Å²) in [6.45, 7) is 1.52. The standard InChI is InChI=1S/C19H22ClFN2S/c20-18-7-6-17(24-18)15-12-19(23-10-8-13(21)9-11-23)22-16-5-3-1-2-4-14(15)16/h6-7,12-13H,1-5,8-11H2. The number of pyridine rings is 1. The van der Waals surface area contributed by atoms with Crippen LogP contribution in [-0.2, 0) is 12.8 Å². The molecule has 2 aliphatic rings. The Balaban J connectivity index is 1.77. The zero-order chi connectivity index (χ0) is 16.5. The fraction of sp³-hybridized carbons (Fsp3) is 0.526. The third-order valence-corrected chi connectivity index (χ3v) is 6.39. The van der Waals surface area contributed by atoms with Gasteiger partial charge in [0.05, 0.1) is 4.34 Å². The molecule has 128 valence electrons. The van der Waals surface area contributed by atoms with E-state index in [2.05, 4.69) is 17.0 Å². The Labute approximate surface area is 151 Å². The zero-order valence-corrected chi connectivity index (χ0v) is 15.3. The summed E-state index contributed by atoms with van der Waals surface area (Å²) in [6.07, 6.45) is 6.42. The third kappa shape index (κ3) is 3.31. The van der Waals surface area contributed by atoms with Gasteiger partial charge in [0.2, 0.25) is 0 Å². The fourth-order valence-electron chi connectivity index (χ4n) is 3.78. The van der Waals surface area contributed by atoms with Crippen LogP contribution in [0.25, 0.3) is 10.4 Å². The molecule has 0 spiro atoms. The quantitative estimate of drug-likeness (QED) is 0.638. The maximum Gasteiger partial charge on any atom is 0.129 e. The molecule has 0 aromatic carbocycles. The van der Waals surface area contributed by atoms with Crippen molar-refractivity contribution in [2.75, 3.05) is 18.0 Å². The molecule has 24 heavy (non-hydrogen) atoms. The summed E-state index contributed by atoms with van der Waals surface area (Å²) < 4.78 is 14.3. The van der Waals surface area contributed by atoms with E-state index in [1.54, 1.807) is 11.3 Å². The van der Waals surface area contributed by atoms with Crippen LogP contribution in [0.5, 0.6) is 0 Å². The maximum atomic E-state index is 13.5. The summed E-state index contributed by atoms with van der Waals surface area (Å²) in [5, 5.41) is 0. The summed E-state index contributed by atoms with van der Waals surface area (Å²) in [4.78, 5) is 8.46. The molecule has 1 saturated heterocycles. The van der Waals surface area contributed by atoms with Crippen LogP contribution in [0.15, 0.2) is 18.2 Å². The first-order valence-corrected chi connectivity index (χ1v) is 10.1. The number of hydrogen-bond donors (Lipinski definition) is 0. The SMILES string of the molecule is FC1CCN(c2cc(-c3ccc(Cl)s3)c3c(n2)CCCCC3)CC1. The van der Waals surface area contributed by atoms with Crippen molar-refractivity contribution in [2.24, 2.45) is 0 Å². The van der Waals surface area contributed by atoms with Gasteiger partial charge in [0, 0.05) is 29.2 Å². The van der Waals surface area contributed by atoms with Crippen molar-refractivity contribution in [3.05, 3.63) is 33.8 Å². The zero-order valence-electron chi connectivity index (χ0n) is 13.7. The van der Waals surface area contributed by atoms with Crippen LogP contribution in [-0.4, -0.2) is 24.2 Å². The monoisotopic (exact) mass is 364 g/mol. The van der Waals surface area contributed by atoms with Gasteiger partial charge in [-0.2, -0.15) is 0 Å². The molecule has 0 atom stereocenters. The van der Waals surface area contributed by atoms with E-state index < -0.39 is 6.17 Å². The smallest absolute Gasteiger partial charge is 0.129 e. The molecule has 5 heteroatoms. The van der Waals surface area contributed by atoms with Gasteiger partial charge in [0.1, 0.15) is 12.0 Å². The van der Waals surface area contributed by atoms with E-state index in [1.165, 1.54) is 41.0 Å². The minimum atomic E-state index is -0.655. The van der Waals surface area contributed by atoms with Gasteiger partial charge >= 0.3 is 0 Å². The molecular formula is C19H22ClFN2S. The predicted octanol–water partition coefficient (Wildman–Crippen LogP) is 5.67. The maximum absolute atomic E-state index is 13.5. The Kier molecular flexibility index (Phi) is 4.77. The Morgan fingerprint density at radius 1 is 1.12 bits per heavy atom. The molecule has 2 aromatic rings. The van der Waals surface area contributed by atoms with Crippen molar-refractivity contribution in [1.82, 2.24) is 4.98 Å². The summed E-state index contributed by atoms with van der Waals surface area (Å²) in [5.74, 6) is 1.02. The first-order chi connectivity index (χ1) is 11.7. The van der Waals surface area contributed by atoms with Gasteiger partial charge in [0.25, 0.3) is 0 Å². The van der Waals surface area contributed by atoms with Crippen LogP contribution in [0, 0.1) is 0 Å². The molecular weight excluding hydrogens is 343 g/mol. The number of anilines is 1. The van der Waals surface area contributed by atoms with Crippen LogP contribution >= 0.6 is 22.9 Å².